The number of nitrogens with one attached hydrogen (secondary N) is 1. The Morgan fingerprint density at radius 1 is 1.30 bits per heavy atom. The minimum Gasteiger partial charge on any atom is -0.311 e. The van der Waals surface area contributed by atoms with Gasteiger partial charge in [0.15, 0.2) is 0 Å². The van der Waals surface area contributed by atoms with Crippen LogP contribution in [0.4, 0.5) is 0 Å². The normalized spacial score (nSPS) is 23.9. The van der Waals surface area contributed by atoms with Gasteiger partial charge in [-0.3, -0.25) is 4.90 Å². The third kappa shape index (κ3) is 5.12. The lowest BCUT2D eigenvalue weighted by Gasteiger charge is -2.39. The summed E-state index contributed by atoms with van der Waals surface area (Å²) in [7, 11) is 0. The fraction of sp³-hybridized carbons (Fsp3) is 0.647. The smallest absolute Gasteiger partial charge is 0.0261 e. The predicted octanol–water partition coefficient (Wildman–Crippen LogP) is 3.03. The van der Waals surface area contributed by atoms with E-state index in [2.05, 4.69) is 66.2 Å². The van der Waals surface area contributed by atoms with Crippen LogP contribution < -0.4 is 5.32 Å². The van der Waals surface area contributed by atoms with Gasteiger partial charge in [0.25, 0.3) is 0 Å². The Labute approximate surface area is 128 Å². The largest absolute Gasteiger partial charge is 0.311 e. The zero-order chi connectivity index (χ0) is 14.2. The van der Waals surface area contributed by atoms with E-state index in [0.717, 1.165) is 6.54 Å². The summed E-state index contributed by atoms with van der Waals surface area (Å²) in [5.74, 6) is 2.54. The molecule has 3 heteroatoms. The molecule has 1 saturated heterocycles. The number of rotatable bonds is 7. The van der Waals surface area contributed by atoms with E-state index in [1.165, 1.54) is 43.0 Å². The number of benzene rings is 1. The lowest BCUT2D eigenvalue weighted by Crippen LogP contribution is -2.56. The van der Waals surface area contributed by atoms with Gasteiger partial charge in [-0.05, 0) is 43.4 Å². The fourth-order valence-corrected chi connectivity index (χ4v) is 3.53. The summed E-state index contributed by atoms with van der Waals surface area (Å²) < 4.78 is 0. The molecule has 1 aliphatic rings. The molecule has 1 heterocycles. The van der Waals surface area contributed by atoms with Crippen molar-refractivity contribution < 1.29 is 0 Å². The van der Waals surface area contributed by atoms with E-state index in [4.69, 9.17) is 0 Å². The molecule has 1 N–H and O–H groups in total. The van der Waals surface area contributed by atoms with Crippen molar-refractivity contribution in [2.24, 2.45) is 0 Å². The molecular weight excluding hydrogens is 264 g/mol. The van der Waals surface area contributed by atoms with Crippen molar-refractivity contribution in [1.29, 1.82) is 0 Å². The van der Waals surface area contributed by atoms with Crippen molar-refractivity contribution in [3.8, 4) is 0 Å². The van der Waals surface area contributed by atoms with Crippen LogP contribution in [0.5, 0.6) is 0 Å². The van der Waals surface area contributed by atoms with Crippen molar-refractivity contribution in [3.05, 3.63) is 35.9 Å². The fourth-order valence-electron chi connectivity index (χ4n) is 2.91. The van der Waals surface area contributed by atoms with E-state index in [-0.39, 0.29) is 0 Å². The number of hydrogen-bond donors (Lipinski definition) is 1. The standard InChI is InChI=1S/C17H28N2S/c1-3-20-11-7-10-19-14-15(2)18-13-17(19)12-16-8-5-4-6-9-16/h4-6,8-9,15,17-18H,3,7,10-14H2,1-2H3. The van der Waals surface area contributed by atoms with Crippen LogP contribution in [-0.4, -0.2) is 48.1 Å². The Morgan fingerprint density at radius 2 is 2.10 bits per heavy atom. The lowest BCUT2D eigenvalue weighted by atomic mass is 10.0. The molecule has 2 nitrogen and oxygen atoms in total. The molecule has 0 radical (unpaired) electrons. The van der Waals surface area contributed by atoms with Gasteiger partial charge in [-0.1, -0.05) is 37.3 Å². The topological polar surface area (TPSA) is 15.3 Å². The second-order valence-corrected chi connectivity index (χ2v) is 7.09. The third-order valence-corrected chi connectivity index (χ3v) is 4.96. The van der Waals surface area contributed by atoms with Crippen LogP contribution in [0.3, 0.4) is 0 Å². The van der Waals surface area contributed by atoms with Crippen LogP contribution in [0.1, 0.15) is 25.8 Å². The summed E-state index contributed by atoms with van der Waals surface area (Å²) in [5.41, 5.74) is 1.46. The minimum absolute atomic E-state index is 0.626. The van der Waals surface area contributed by atoms with Crippen LogP contribution in [0.2, 0.25) is 0 Å². The monoisotopic (exact) mass is 292 g/mol. The van der Waals surface area contributed by atoms with Crippen LogP contribution in [0, 0.1) is 0 Å². The van der Waals surface area contributed by atoms with Gasteiger partial charge in [-0.25, -0.2) is 0 Å². The molecule has 1 aliphatic heterocycles. The second-order valence-electron chi connectivity index (χ2n) is 5.70. The molecule has 0 aliphatic carbocycles. The summed E-state index contributed by atoms with van der Waals surface area (Å²) in [6.45, 7) is 8.10. The second kappa shape index (κ2) is 8.71. The molecule has 0 bridgehead atoms. The highest BCUT2D eigenvalue weighted by Gasteiger charge is 2.25. The van der Waals surface area contributed by atoms with E-state index in [1.807, 2.05) is 0 Å². The van der Waals surface area contributed by atoms with Crippen LogP contribution in [0.25, 0.3) is 0 Å². The van der Waals surface area contributed by atoms with Gasteiger partial charge in [-0.2, -0.15) is 11.8 Å². The molecule has 2 atom stereocenters. The molecule has 1 aromatic carbocycles. The highest BCUT2D eigenvalue weighted by Crippen LogP contribution is 2.14. The van der Waals surface area contributed by atoms with Gasteiger partial charge in [0.05, 0.1) is 0 Å². The molecule has 1 aromatic rings. The maximum atomic E-state index is 3.64. The molecule has 0 aromatic heterocycles. The zero-order valence-electron chi connectivity index (χ0n) is 12.8. The summed E-state index contributed by atoms with van der Waals surface area (Å²) >= 11 is 2.06. The van der Waals surface area contributed by atoms with E-state index in [9.17, 15) is 0 Å². The van der Waals surface area contributed by atoms with Gasteiger partial charge in [0.1, 0.15) is 0 Å². The summed E-state index contributed by atoms with van der Waals surface area (Å²) in [4.78, 5) is 2.70. The highest BCUT2D eigenvalue weighted by atomic mass is 32.2. The Morgan fingerprint density at radius 3 is 2.85 bits per heavy atom. The van der Waals surface area contributed by atoms with Crippen molar-refractivity contribution >= 4 is 11.8 Å². The van der Waals surface area contributed by atoms with Crippen LogP contribution in [0.15, 0.2) is 30.3 Å². The van der Waals surface area contributed by atoms with Crippen LogP contribution >= 0.6 is 11.8 Å². The third-order valence-electron chi connectivity index (χ3n) is 3.98. The quantitative estimate of drug-likeness (QED) is 0.778. The molecule has 0 amide bonds. The van der Waals surface area contributed by atoms with Gasteiger partial charge < -0.3 is 5.32 Å². The molecule has 1 fully saturated rings. The molecule has 2 rings (SSSR count). The average molecular weight is 292 g/mol. The molecule has 2 unspecified atom stereocenters. The zero-order valence-corrected chi connectivity index (χ0v) is 13.7. The molecule has 112 valence electrons. The van der Waals surface area contributed by atoms with E-state index < -0.39 is 0 Å². The maximum Gasteiger partial charge on any atom is 0.0261 e. The number of thioether (sulfide) groups is 1. The van der Waals surface area contributed by atoms with E-state index in [1.54, 1.807) is 0 Å². The van der Waals surface area contributed by atoms with Crippen molar-refractivity contribution in [1.82, 2.24) is 10.2 Å². The van der Waals surface area contributed by atoms with E-state index >= 15 is 0 Å². The minimum atomic E-state index is 0.626. The van der Waals surface area contributed by atoms with Gasteiger partial charge in [-0.15, -0.1) is 0 Å². The first-order valence-electron chi connectivity index (χ1n) is 7.88. The Balaban J connectivity index is 1.86. The number of hydrogen-bond acceptors (Lipinski definition) is 3. The number of nitrogens with zero attached hydrogens (tertiary/aromatic N) is 1. The van der Waals surface area contributed by atoms with Gasteiger partial charge in [0, 0.05) is 25.2 Å². The first kappa shape index (κ1) is 15.9. The number of piperazine rings is 1. The van der Waals surface area contributed by atoms with E-state index in [0.29, 0.717) is 12.1 Å². The van der Waals surface area contributed by atoms with Gasteiger partial charge in [0.2, 0.25) is 0 Å². The van der Waals surface area contributed by atoms with Gasteiger partial charge >= 0.3 is 0 Å². The highest BCUT2D eigenvalue weighted by molar-refractivity contribution is 7.99. The first-order chi connectivity index (χ1) is 9.79. The molecular formula is C17H28N2S. The Kier molecular flexibility index (Phi) is 6.91. The van der Waals surface area contributed by atoms with Crippen LogP contribution in [-0.2, 0) is 6.42 Å². The summed E-state index contributed by atoms with van der Waals surface area (Å²) in [6, 6.07) is 12.2. The van der Waals surface area contributed by atoms with Crippen molar-refractivity contribution in [2.75, 3.05) is 31.1 Å². The first-order valence-corrected chi connectivity index (χ1v) is 9.04. The van der Waals surface area contributed by atoms with Crippen molar-refractivity contribution in [2.45, 2.75) is 38.8 Å². The Bertz CT molecular complexity index is 369. The molecule has 0 saturated carbocycles. The SMILES string of the molecule is CCSCCCN1CC(C)NCC1Cc1ccccc1. The van der Waals surface area contributed by atoms with Crippen molar-refractivity contribution in [3.63, 3.8) is 0 Å². The maximum absolute atomic E-state index is 3.64. The molecule has 0 spiro atoms. The molecule has 20 heavy (non-hydrogen) atoms. The summed E-state index contributed by atoms with van der Waals surface area (Å²) in [6.07, 6.45) is 2.48. The Hall–Kier alpha value is -0.510. The summed E-state index contributed by atoms with van der Waals surface area (Å²) in [5, 5.41) is 3.64. The lowest BCUT2D eigenvalue weighted by molar-refractivity contribution is 0.135. The predicted molar refractivity (Wildman–Crippen MR) is 90.6 cm³/mol. The average Bonchev–Trinajstić information content (AvgIpc) is 2.47.